The summed E-state index contributed by atoms with van der Waals surface area (Å²) >= 11 is 0. The van der Waals surface area contributed by atoms with Gasteiger partial charge in [0.25, 0.3) is 11.8 Å². The Morgan fingerprint density at radius 2 is 1.77 bits per heavy atom. The summed E-state index contributed by atoms with van der Waals surface area (Å²) in [5.74, 6) is 0.497. The smallest absolute Gasteiger partial charge is 0.261 e. The highest BCUT2D eigenvalue weighted by Gasteiger charge is 2.34. The van der Waals surface area contributed by atoms with Crippen molar-refractivity contribution in [3.8, 4) is 0 Å². The van der Waals surface area contributed by atoms with Gasteiger partial charge < -0.3 is 10.6 Å². The van der Waals surface area contributed by atoms with E-state index in [-0.39, 0.29) is 11.8 Å². The Kier molecular flexibility index (Phi) is 6.67. The Morgan fingerprint density at radius 3 is 2.43 bits per heavy atom. The number of imide groups is 1. The quantitative estimate of drug-likeness (QED) is 0.311. The molecule has 2 heterocycles. The van der Waals surface area contributed by atoms with E-state index in [9.17, 15) is 9.59 Å². The third kappa shape index (κ3) is 4.51. The molecular formula is C23H33N5O2. The van der Waals surface area contributed by atoms with Gasteiger partial charge in [-0.3, -0.25) is 24.4 Å². The van der Waals surface area contributed by atoms with Crippen LogP contribution in [0.3, 0.4) is 0 Å². The van der Waals surface area contributed by atoms with Crippen molar-refractivity contribution in [2.24, 2.45) is 4.99 Å². The van der Waals surface area contributed by atoms with Crippen molar-refractivity contribution < 1.29 is 9.59 Å². The van der Waals surface area contributed by atoms with Crippen LogP contribution in [0.2, 0.25) is 0 Å². The molecule has 1 aromatic rings. The van der Waals surface area contributed by atoms with Crippen LogP contribution in [0.15, 0.2) is 29.3 Å². The molecule has 0 spiro atoms. The molecule has 0 aromatic heterocycles. The second kappa shape index (κ2) is 9.60. The predicted octanol–water partition coefficient (Wildman–Crippen LogP) is 2.24. The number of nitrogens with one attached hydrogen (secondary N) is 2. The SMILES string of the molecule is CN=C(NCCCCN1C(=O)c2ccccc2C1=O)NC1CCN(C2CCCC2)C1. The predicted molar refractivity (Wildman–Crippen MR) is 118 cm³/mol. The van der Waals surface area contributed by atoms with Crippen LogP contribution in [0.1, 0.15) is 65.7 Å². The molecule has 30 heavy (non-hydrogen) atoms. The molecule has 1 aliphatic carbocycles. The number of benzene rings is 1. The number of hydrogen-bond donors (Lipinski definition) is 2. The number of guanidine groups is 1. The first-order valence-electron chi connectivity index (χ1n) is 11.3. The molecule has 162 valence electrons. The van der Waals surface area contributed by atoms with Gasteiger partial charge in [-0.2, -0.15) is 0 Å². The Hall–Kier alpha value is -2.41. The standard InChI is InChI=1S/C23H33N5O2/c1-24-23(26-17-12-15-27(16-17)18-8-2-3-9-18)25-13-6-7-14-28-21(29)19-10-4-5-11-20(19)22(28)30/h4-5,10-11,17-18H,2-3,6-9,12-16H2,1H3,(H2,24,25,26). The maximum atomic E-state index is 12.4. The van der Waals surface area contributed by atoms with E-state index in [1.807, 2.05) is 0 Å². The normalized spacial score (nSPS) is 22.8. The van der Waals surface area contributed by atoms with E-state index in [0.717, 1.165) is 44.4 Å². The molecular weight excluding hydrogens is 378 g/mol. The highest BCUT2D eigenvalue weighted by atomic mass is 16.2. The number of hydrogen-bond acceptors (Lipinski definition) is 4. The van der Waals surface area contributed by atoms with Crippen molar-refractivity contribution in [2.45, 2.75) is 57.0 Å². The number of carbonyl (C=O) groups excluding carboxylic acids is 2. The molecule has 2 amide bonds. The summed E-state index contributed by atoms with van der Waals surface area (Å²) in [7, 11) is 1.80. The molecule has 7 heteroatoms. The van der Waals surface area contributed by atoms with Gasteiger partial charge in [0.1, 0.15) is 0 Å². The molecule has 1 atom stereocenters. The first-order chi connectivity index (χ1) is 14.7. The number of unbranched alkanes of at least 4 members (excludes halogenated alkanes) is 1. The molecule has 4 rings (SSSR count). The monoisotopic (exact) mass is 411 g/mol. The van der Waals surface area contributed by atoms with Crippen LogP contribution in [0.4, 0.5) is 0 Å². The van der Waals surface area contributed by atoms with E-state index in [4.69, 9.17) is 0 Å². The Labute approximate surface area is 178 Å². The average Bonchev–Trinajstić information content (AvgIpc) is 3.50. The second-order valence-corrected chi connectivity index (χ2v) is 8.58. The number of carbonyl (C=O) groups is 2. The van der Waals surface area contributed by atoms with Gasteiger partial charge in [0.2, 0.25) is 0 Å². The van der Waals surface area contributed by atoms with Crippen molar-refractivity contribution in [1.29, 1.82) is 0 Å². The third-order valence-corrected chi connectivity index (χ3v) is 6.60. The summed E-state index contributed by atoms with van der Waals surface area (Å²) in [5, 5.41) is 6.93. The van der Waals surface area contributed by atoms with Crippen LogP contribution >= 0.6 is 0 Å². The fourth-order valence-corrected chi connectivity index (χ4v) is 4.94. The molecule has 7 nitrogen and oxygen atoms in total. The fraction of sp³-hybridized carbons (Fsp3) is 0.609. The summed E-state index contributed by atoms with van der Waals surface area (Å²) in [5.41, 5.74) is 1.04. The van der Waals surface area contributed by atoms with Crippen molar-refractivity contribution >= 4 is 17.8 Å². The van der Waals surface area contributed by atoms with Gasteiger partial charge in [0.05, 0.1) is 11.1 Å². The zero-order chi connectivity index (χ0) is 20.9. The van der Waals surface area contributed by atoms with Gasteiger partial charge in [0, 0.05) is 45.3 Å². The number of fused-ring (bicyclic) bond motifs is 1. The lowest BCUT2D eigenvalue weighted by atomic mass is 10.1. The zero-order valence-corrected chi connectivity index (χ0v) is 17.9. The van der Waals surface area contributed by atoms with Crippen molar-refractivity contribution in [3.63, 3.8) is 0 Å². The summed E-state index contributed by atoms with van der Waals surface area (Å²) in [6.07, 6.45) is 8.27. The Bertz CT molecular complexity index is 768. The van der Waals surface area contributed by atoms with Crippen LogP contribution in [-0.4, -0.2) is 72.9 Å². The molecule has 0 radical (unpaired) electrons. The highest BCUT2D eigenvalue weighted by Crippen LogP contribution is 2.26. The number of likely N-dealkylation sites (tertiary alicyclic amines) is 1. The first kappa shape index (κ1) is 20.8. The number of amides is 2. The summed E-state index contributed by atoms with van der Waals surface area (Å²) in [4.78, 5) is 33.2. The van der Waals surface area contributed by atoms with Gasteiger partial charge in [-0.05, 0) is 44.2 Å². The minimum Gasteiger partial charge on any atom is -0.356 e. The second-order valence-electron chi connectivity index (χ2n) is 8.58. The maximum absolute atomic E-state index is 12.4. The summed E-state index contributed by atoms with van der Waals surface area (Å²) in [6, 6.07) is 8.29. The van der Waals surface area contributed by atoms with Gasteiger partial charge in [-0.15, -0.1) is 0 Å². The van der Waals surface area contributed by atoms with Crippen LogP contribution in [-0.2, 0) is 0 Å². The molecule has 1 unspecified atom stereocenters. The number of rotatable bonds is 7. The Balaban J connectivity index is 1.15. The van der Waals surface area contributed by atoms with Crippen LogP contribution in [0.5, 0.6) is 0 Å². The fourth-order valence-electron chi connectivity index (χ4n) is 4.94. The van der Waals surface area contributed by atoms with Crippen LogP contribution in [0, 0.1) is 0 Å². The lowest BCUT2D eigenvalue weighted by Gasteiger charge is -2.24. The molecule has 1 saturated carbocycles. The minimum absolute atomic E-state index is 0.172. The molecule has 2 aliphatic heterocycles. The van der Waals surface area contributed by atoms with E-state index < -0.39 is 0 Å². The topological polar surface area (TPSA) is 77.0 Å². The third-order valence-electron chi connectivity index (χ3n) is 6.60. The minimum atomic E-state index is -0.172. The van der Waals surface area contributed by atoms with E-state index in [2.05, 4.69) is 20.5 Å². The van der Waals surface area contributed by atoms with Gasteiger partial charge in [-0.25, -0.2) is 0 Å². The van der Waals surface area contributed by atoms with E-state index in [0.29, 0.717) is 23.7 Å². The molecule has 0 bridgehead atoms. The molecule has 3 aliphatic rings. The van der Waals surface area contributed by atoms with Crippen LogP contribution in [0.25, 0.3) is 0 Å². The number of nitrogens with zero attached hydrogens (tertiary/aromatic N) is 3. The molecule has 2 fully saturated rings. The highest BCUT2D eigenvalue weighted by molar-refractivity contribution is 6.21. The van der Waals surface area contributed by atoms with Crippen molar-refractivity contribution in [2.75, 3.05) is 33.2 Å². The van der Waals surface area contributed by atoms with Gasteiger partial charge in [-0.1, -0.05) is 25.0 Å². The van der Waals surface area contributed by atoms with Crippen molar-refractivity contribution in [1.82, 2.24) is 20.4 Å². The summed E-state index contributed by atoms with van der Waals surface area (Å²) in [6.45, 7) is 3.51. The lowest BCUT2D eigenvalue weighted by molar-refractivity contribution is 0.0652. The largest absolute Gasteiger partial charge is 0.356 e. The molecule has 1 aromatic carbocycles. The first-order valence-corrected chi connectivity index (χ1v) is 11.3. The summed E-state index contributed by atoms with van der Waals surface area (Å²) < 4.78 is 0. The Morgan fingerprint density at radius 1 is 1.07 bits per heavy atom. The van der Waals surface area contributed by atoms with Crippen LogP contribution < -0.4 is 10.6 Å². The average molecular weight is 412 g/mol. The van der Waals surface area contributed by atoms with Gasteiger partial charge >= 0.3 is 0 Å². The lowest BCUT2D eigenvalue weighted by Crippen LogP contribution is -2.45. The van der Waals surface area contributed by atoms with Gasteiger partial charge in [0.15, 0.2) is 5.96 Å². The van der Waals surface area contributed by atoms with Crippen molar-refractivity contribution in [3.05, 3.63) is 35.4 Å². The number of aliphatic imine (C=N–C) groups is 1. The van der Waals surface area contributed by atoms with E-state index >= 15 is 0 Å². The van der Waals surface area contributed by atoms with E-state index in [1.165, 1.54) is 37.1 Å². The molecule has 2 N–H and O–H groups in total. The molecule has 1 saturated heterocycles. The van der Waals surface area contributed by atoms with E-state index in [1.54, 1.807) is 31.3 Å². The zero-order valence-electron chi connectivity index (χ0n) is 17.9. The maximum Gasteiger partial charge on any atom is 0.261 e.